The lowest BCUT2D eigenvalue weighted by Crippen LogP contribution is -2.49. The van der Waals surface area contributed by atoms with E-state index < -0.39 is 32.5 Å². The molecule has 0 radical (unpaired) electrons. The molecule has 32 heavy (non-hydrogen) atoms. The Morgan fingerprint density at radius 1 is 1.22 bits per heavy atom. The van der Waals surface area contributed by atoms with Crippen molar-refractivity contribution in [2.75, 3.05) is 18.8 Å². The molecule has 1 aliphatic heterocycles. The van der Waals surface area contributed by atoms with Gasteiger partial charge in [0.1, 0.15) is 4.75 Å². The van der Waals surface area contributed by atoms with Crippen LogP contribution in [-0.4, -0.2) is 54.8 Å². The van der Waals surface area contributed by atoms with E-state index in [9.17, 15) is 18.0 Å². The minimum atomic E-state index is -3.83. The van der Waals surface area contributed by atoms with Gasteiger partial charge >= 0.3 is 6.03 Å². The molecule has 3 N–H and O–H groups in total. The molecule has 1 aliphatic rings. The number of rotatable bonds is 4. The Balaban J connectivity index is 2.00. The molecule has 3 heterocycles. The summed E-state index contributed by atoms with van der Waals surface area (Å²) in [6.07, 6.45) is -0.353. The van der Waals surface area contributed by atoms with Crippen LogP contribution in [0.25, 0.3) is 9.75 Å². The highest BCUT2D eigenvalue weighted by Gasteiger charge is 2.50. The normalized spacial score (nSPS) is 21.1. The molecule has 1 unspecified atom stereocenters. The number of carbonyl (C=O) groups excluding carboxylic acids is 2. The van der Waals surface area contributed by atoms with Gasteiger partial charge in [0, 0.05) is 33.3 Å². The Morgan fingerprint density at radius 3 is 2.53 bits per heavy atom. The Hall–Kier alpha value is -1.95. The molecule has 0 spiro atoms. The van der Waals surface area contributed by atoms with E-state index in [0.29, 0.717) is 4.88 Å². The highest BCUT2D eigenvalue weighted by atomic mass is 32.2. The number of thiophene rings is 2. The van der Waals surface area contributed by atoms with Crippen molar-refractivity contribution in [3.8, 4) is 9.75 Å². The Bertz CT molecular complexity index is 1100. The molecule has 2 aromatic rings. The summed E-state index contributed by atoms with van der Waals surface area (Å²) in [5, 5.41) is 14.1. The second-order valence-electron chi connectivity index (χ2n) is 9.09. The topological polar surface area (TPSA) is 116 Å². The quantitative estimate of drug-likeness (QED) is 0.440. The highest BCUT2D eigenvalue weighted by molar-refractivity contribution is 7.92. The fourth-order valence-corrected chi connectivity index (χ4v) is 8.35. The number of aryl methyl sites for hydroxylation is 1. The Morgan fingerprint density at radius 2 is 1.94 bits per heavy atom. The van der Waals surface area contributed by atoms with E-state index in [1.165, 1.54) is 16.2 Å². The summed E-state index contributed by atoms with van der Waals surface area (Å²) < 4.78 is 25.6. The lowest BCUT2D eigenvalue weighted by atomic mass is 9.97. The van der Waals surface area contributed by atoms with E-state index in [1.54, 1.807) is 22.9 Å². The summed E-state index contributed by atoms with van der Waals surface area (Å²) in [4.78, 5) is 28.9. The van der Waals surface area contributed by atoms with Crippen molar-refractivity contribution in [3.05, 3.63) is 34.0 Å². The monoisotopic (exact) mass is 499 g/mol. The molecule has 11 heteroatoms. The van der Waals surface area contributed by atoms with Crippen LogP contribution >= 0.6 is 22.7 Å². The minimum Gasteiger partial charge on any atom is -0.333 e. The van der Waals surface area contributed by atoms with Crippen molar-refractivity contribution in [1.82, 2.24) is 15.7 Å². The van der Waals surface area contributed by atoms with Gasteiger partial charge in [-0.15, -0.1) is 22.7 Å². The van der Waals surface area contributed by atoms with Crippen LogP contribution in [0, 0.1) is 6.92 Å². The van der Waals surface area contributed by atoms with Crippen LogP contribution in [0.4, 0.5) is 4.79 Å². The van der Waals surface area contributed by atoms with Crippen molar-refractivity contribution in [2.45, 2.75) is 50.8 Å². The van der Waals surface area contributed by atoms with Crippen LogP contribution in [-0.2, 0) is 19.4 Å². The zero-order valence-corrected chi connectivity index (χ0v) is 21.0. The van der Waals surface area contributed by atoms with Gasteiger partial charge in [0.05, 0.1) is 12.2 Å². The van der Waals surface area contributed by atoms with Gasteiger partial charge in [-0.3, -0.25) is 10.0 Å². The van der Waals surface area contributed by atoms with Crippen LogP contribution in [0.2, 0.25) is 0 Å². The minimum absolute atomic E-state index is 0.0368. The summed E-state index contributed by atoms with van der Waals surface area (Å²) in [5.74, 6) is -1.04. The summed E-state index contributed by atoms with van der Waals surface area (Å²) in [6.45, 7) is 7.77. The molecule has 0 saturated carbocycles. The second kappa shape index (κ2) is 9.12. The number of hydrogen-bond donors (Lipinski definition) is 3. The third-order valence-electron chi connectivity index (χ3n) is 5.38. The number of hydroxylamine groups is 1. The standard InChI is InChI=1S/C21H29N3O5S3/c1-14-11-16(30-13-14)15-5-6-17(31-15)21(12-18(25)23-27)7-8-24(9-10-32(21,28)29)19(26)22-20(2,3)4/h5-6,11,13,27H,7-10,12H2,1-4H3,(H,22,26)(H,23,25). The smallest absolute Gasteiger partial charge is 0.317 e. The third kappa shape index (κ3) is 5.16. The van der Waals surface area contributed by atoms with Crippen LogP contribution < -0.4 is 10.8 Å². The van der Waals surface area contributed by atoms with Gasteiger partial charge in [-0.05, 0) is 63.3 Å². The molecule has 1 atom stereocenters. The number of nitrogens with one attached hydrogen (secondary N) is 2. The Kier molecular flexibility index (Phi) is 7.04. The molecule has 176 valence electrons. The predicted octanol–water partition coefficient (Wildman–Crippen LogP) is 3.50. The molecule has 0 bridgehead atoms. The maximum atomic E-state index is 13.6. The van der Waals surface area contributed by atoms with Crippen molar-refractivity contribution in [2.24, 2.45) is 0 Å². The number of hydrogen-bond acceptors (Lipinski definition) is 7. The fourth-order valence-electron chi connectivity index (χ4n) is 3.75. The number of urea groups is 1. The van der Waals surface area contributed by atoms with Gasteiger partial charge in [0.25, 0.3) is 0 Å². The predicted molar refractivity (Wildman–Crippen MR) is 127 cm³/mol. The lowest BCUT2D eigenvalue weighted by molar-refractivity contribution is -0.129. The molecule has 3 amide bonds. The van der Waals surface area contributed by atoms with E-state index in [-0.39, 0.29) is 31.3 Å². The zero-order valence-electron chi connectivity index (χ0n) is 18.6. The van der Waals surface area contributed by atoms with Crippen LogP contribution in [0.3, 0.4) is 0 Å². The first-order valence-electron chi connectivity index (χ1n) is 10.2. The maximum Gasteiger partial charge on any atom is 0.317 e. The average Bonchev–Trinajstić information content (AvgIpc) is 3.31. The molecule has 1 fully saturated rings. The van der Waals surface area contributed by atoms with Crippen LogP contribution in [0.5, 0.6) is 0 Å². The lowest BCUT2D eigenvalue weighted by Gasteiger charge is -2.31. The van der Waals surface area contributed by atoms with Crippen LogP contribution in [0.15, 0.2) is 23.6 Å². The third-order valence-corrected chi connectivity index (χ3v) is 10.5. The summed E-state index contributed by atoms with van der Waals surface area (Å²) in [5.41, 5.74) is 2.24. The van der Waals surface area contributed by atoms with Crippen molar-refractivity contribution < 1.29 is 23.2 Å². The van der Waals surface area contributed by atoms with Crippen molar-refractivity contribution in [3.63, 3.8) is 0 Å². The maximum absolute atomic E-state index is 13.6. The summed E-state index contributed by atoms with van der Waals surface area (Å²) in [7, 11) is -3.83. The number of carbonyl (C=O) groups is 2. The number of sulfone groups is 1. The molecule has 3 rings (SSSR count). The molecule has 2 aromatic heterocycles. The number of amides is 3. The highest BCUT2D eigenvalue weighted by Crippen LogP contribution is 2.46. The largest absolute Gasteiger partial charge is 0.333 e. The van der Waals surface area contributed by atoms with Gasteiger partial charge in [0.2, 0.25) is 5.91 Å². The molecule has 0 aliphatic carbocycles. The fraction of sp³-hybridized carbons (Fsp3) is 0.524. The molecule has 0 aromatic carbocycles. The SMILES string of the molecule is Cc1csc(-c2ccc(C3(CC(=O)NO)CCN(C(=O)NC(C)(C)C)CCS3(=O)=O)s2)c1. The number of nitrogens with zero attached hydrogens (tertiary/aromatic N) is 1. The van der Waals surface area contributed by atoms with Gasteiger partial charge in [0.15, 0.2) is 9.84 Å². The van der Waals surface area contributed by atoms with E-state index in [2.05, 4.69) is 5.32 Å². The first kappa shape index (κ1) is 24.7. The summed E-state index contributed by atoms with van der Waals surface area (Å²) in [6, 6.07) is 5.32. The first-order chi connectivity index (χ1) is 14.9. The van der Waals surface area contributed by atoms with E-state index in [0.717, 1.165) is 15.3 Å². The molecular weight excluding hydrogens is 470 g/mol. The second-order valence-corrected chi connectivity index (χ2v) is 13.5. The van der Waals surface area contributed by atoms with Crippen molar-refractivity contribution >= 4 is 44.4 Å². The van der Waals surface area contributed by atoms with E-state index >= 15 is 0 Å². The molecule has 8 nitrogen and oxygen atoms in total. The van der Waals surface area contributed by atoms with Crippen molar-refractivity contribution in [1.29, 1.82) is 0 Å². The van der Waals surface area contributed by atoms with Gasteiger partial charge in [-0.2, -0.15) is 0 Å². The van der Waals surface area contributed by atoms with Gasteiger partial charge < -0.3 is 10.2 Å². The molecular formula is C21H29N3O5S3. The van der Waals surface area contributed by atoms with Gasteiger partial charge in [-0.1, -0.05) is 0 Å². The zero-order chi connectivity index (χ0) is 23.7. The summed E-state index contributed by atoms with van der Waals surface area (Å²) >= 11 is 2.91. The molecule has 1 saturated heterocycles. The van der Waals surface area contributed by atoms with E-state index in [4.69, 9.17) is 5.21 Å². The Labute approximate surface area is 196 Å². The average molecular weight is 500 g/mol. The van der Waals surface area contributed by atoms with E-state index in [1.807, 2.05) is 45.2 Å². The van der Waals surface area contributed by atoms with Crippen LogP contribution in [0.1, 0.15) is 44.1 Å². The van der Waals surface area contributed by atoms with Gasteiger partial charge in [-0.25, -0.2) is 18.7 Å². The first-order valence-corrected chi connectivity index (χ1v) is 13.6.